The summed E-state index contributed by atoms with van der Waals surface area (Å²) in [6, 6.07) is 4.71. The number of halogens is 3. The van der Waals surface area contributed by atoms with E-state index in [9.17, 15) is 13.2 Å². The fourth-order valence-corrected chi connectivity index (χ4v) is 1.03. The van der Waals surface area contributed by atoms with Crippen molar-refractivity contribution in [1.29, 1.82) is 0 Å². The summed E-state index contributed by atoms with van der Waals surface area (Å²) >= 11 is 0. The number of hydrogen-bond donors (Lipinski definition) is 1. The SMILES string of the molecule is CC(C=Cc1ccc(C(F)(F)F)cc1)=NO. The third-order valence-corrected chi connectivity index (χ3v) is 1.91. The second-order valence-electron chi connectivity index (χ2n) is 3.19. The average molecular weight is 229 g/mol. The van der Waals surface area contributed by atoms with E-state index in [2.05, 4.69) is 5.16 Å². The maximum Gasteiger partial charge on any atom is 0.416 e. The Morgan fingerprint density at radius 3 is 2.25 bits per heavy atom. The van der Waals surface area contributed by atoms with Crippen LogP contribution in [0.2, 0.25) is 0 Å². The summed E-state index contributed by atoms with van der Waals surface area (Å²) in [4.78, 5) is 0. The molecule has 0 aliphatic carbocycles. The minimum Gasteiger partial charge on any atom is -0.411 e. The number of nitrogens with zero attached hydrogens (tertiary/aromatic N) is 1. The molecule has 0 aliphatic heterocycles. The highest BCUT2D eigenvalue weighted by Crippen LogP contribution is 2.29. The predicted octanol–water partition coefficient (Wildman–Crippen LogP) is 3.57. The summed E-state index contributed by atoms with van der Waals surface area (Å²) in [5.41, 5.74) is 0.299. The molecule has 86 valence electrons. The number of alkyl halides is 3. The summed E-state index contributed by atoms with van der Waals surface area (Å²) in [5, 5.41) is 11.3. The van der Waals surface area contributed by atoms with Gasteiger partial charge in [0, 0.05) is 0 Å². The number of benzene rings is 1. The van der Waals surface area contributed by atoms with Crippen molar-refractivity contribution in [2.75, 3.05) is 0 Å². The molecule has 2 nitrogen and oxygen atoms in total. The van der Waals surface area contributed by atoms with Crippen LogP contribution in [0.15, 0.2) is 35.5 Å². The van der Waals surface area contributed by atoms with Crippen molar-refractivity contribution in [3.05, 3.63) is 41.5 Å². The maximum atomic E-state index is 12.2. The lowest BCUT2D eigenvalue weighted by atomic mass is 10.1. The molecule has 0 unspecified atom stereocenters. The summed E-state index contributed by atoms with van der Waals surface area (Å²) in [7, 11) is 0. The molecule has 0 aliphatic rings. The Bertz CT molecular complexity index is 404. The number of allylic oxidation sites excluding steroid dienone is 1. The van der Waals surface area contributed by atoms with E-state index >= 15 is 0 Å². The summed E-state index contributed by atoms with van der Waals surface area (Å²) < 4.78 is 36.7. The van der Waals surface area contributed by atoms with E-state index in [1.807, 2.05) is 0 Å². The van der Waals surface area contributed by atoms with Gasteiger partial charge in [0.2, 0.25) is 0 Å². The molecule has 0 spiro atoms. The minimum absolute atomic E-state index is 0.375. The Hall–Kier alpha value is -1.78. The molecule has 0 radical (unpaired) electrons. The molecule has 0 amide bonds. The van der Waals surface area contributed by atoms with E-state index in [0.29, 0.717) is 11.3 Å². The smallest absolute Gasteiger partial charge is 0.411 e. The molecule has 0 bridgehead atoms. The van der Waals surface area contributed by atoms with Crippen molar-refractivity contribution in [3.8, 4) is 0 Å². The molecule has 1 aromatic carbocycles. The molecule has 0 saturated carbocycles. The van der Waals surface area contributed by atoms with Crippen LogP contribution in [0.1, 0.15) is 18.1 Å². The predicted molar refractivity (Wildman–Crippen MR) is 55.4 cm³/mol. The molecule has 1 N–H and O–H groups in total. The summed E-state index contributed by atoms with van der Waals surface area (Å²) in [5.74, 6) is 0. The van der Waals surface area contributed by atoms with Crippen LogP contribution in [0.5, 0.6) is 0 Å². The standard InChI is InChI=1S/C11H10F3NO/c1-8(15-16)2-3-9-4-6-10(7-5-9)11(12,13)14/h2-7,16H,1H3. The second-order valence-corrected chi connectivity index (χ2v) is 3.19. The van der Waals surface area contributed by atoms with Gasteiger partial charge < -0.3 is 5.21 Å². The zero-order valence-electron chi connectivity index (χ0n) is 8.49. The Morgan fingerprint density at radius 1 is 1.25 bits per heavy atom. The summed E-state index contributed by atoms with van der Waals surface area (Å²) in [6.45, 7) is 1.57. The van der Waals surface area contributed by atoms with Crippen molar-refractivity contribution in [3.63, 3.8) is 0 Å². The van der Waals surface area contributed by atoms with Gasteiger partial charge in [-0.2, -0.15) is 13.2 Å². The Morgan fingerprint density at radius 2 is 1.81 bits per heavy atom. The number of hydrogen-bond acceptors (Lipinski definition) is 2. The zero-order valence-corrected chi connectivity index (χ0v) is 8.49. The monoisotopic (exact) mass is 229 g/mol. The van der Waals surface area contributed by atoms with Crippen molar-refractivity contribution < 1.29 is 18.4 Å². The van der Waals surface area contributed by atoms with Crippen LogP contribution in [-0.4, -0.2) is 10.9 Å². The van der Waals surface area contributed by atoms with Crippen molar-refractivity contribution in [2.24, 2.45) is 5.16 Å². The third-order valence-electron chi connectivity index (χ3n) is 1.91. The van der Waals surface area contributed by atoms with Crippen LogP contribution < -0.4 is 0 Å². The fraction of sp³-hybridized carbons (Fsp3) is 0.182. The Kier molecular flexibility index (Phi) is 3.71. The molecule has 0 saturated heterocycles. The lowest BCUT2D eigenvalue weighted by Crippen LogP contribution is -2.03. The number of rotatable bonds is 2. The van der Waals surface area contributed by atoms with Gasteiger partial charge in [0.1, 0.15) is 0 Å². The molecule has 16 heavy (non-hydrogen) atoms. The van der Waals surface area contributed by atoms with Crippen LogP contribution >= 0.6 is 0 Å². The van der Waals surface area contributed by atoms with Crippen LogP contribution in [0, 0.1) is 0 Å². The highest BCUT2D eigenvalue weighted by molar-refractivity contribution is 5.95. The molecule has 0 atom stereocenters. The second kappa shape index (κ2) is 4.83. The molecule has 1 aromatic rings. The lowest BCUT2D eigenvalue weighted by Gasteiger charge is -2.05. The van der Waals surface area contributed by atoms with Gasteiger partial charge in [-0.25, -0.2) is 0 Å². The Labute approximate surface area is 90.7 Å². The first-order chi connectivity index (χ1) is 7.43. The fourth-order valence-electron chi connectivity index (χ4n) is 1.03. The van der Waals surface area contributed by atoms with E-state index in [4.69, 9.17) is 5.21 Å². The molecule has 0 aromatic heterocycles. The van der Waals surface area contributed by atoms with Gasteiger partial charge in [0.15, 0.2) is 0 Å². The van der Waals surface area contributed by atoms with E-state index < -0.39 is 11.7 Å². The zero-order chi connectivity index (χ0) is 12.2. The van der Waals surface area contributed by atoms with E-state index in [-0.39, 0.29) is 0 Å². The van der Waals surface area contributed by atoms with Gasteiger partial charge in [0.25, 0.3) is 0 Å². The van der Waals surface area contributed by atoms with Crippen LogP contribution in [0.3, 0.4) is 0 Å². The van der Waals surface area contributed by atoms with Gasteiger partial charge in [-0.1, -0.05) is 23.4 Å². The van der Waals surface area contributed by atoms with Gasteiger partial charge in [-0.15, -0.1) is 0 Å². The van der Waals surface area contributed by atoms with E-state index in [0.717, 1.165) is 12.1 Å². The van der Waals surface area contributed by atoms with Gasteiger partial charge in [0.05, 0.1) is 11.3 Å². The van der Waals surface area contributed by atoms with Gasteiger partial charge in [-0.05, 0) is 30.7 Å². The highest BCUT2D eigenvalue weighted by atomic mass is 19.4. The van der Waals surface area contributed by atoms with Crippen molar-refractivity contribution in [1.82, 2.24) is 0 Å². The van der Waals surface area contributed by atoms with Crippen LogP contribution in [-0.2, 0) is 6.18 Å². The maximum absolute atomic E-state index is 12.2. The van der Waals surface area contributed by atoms with Crippen LogP contribution in [0.25, 0.3) is 6.08 Å². The topological polar surface area (TPSA) is 32.6 Å². The minimum atomic E-state index is -4.31. The molecule has 0 heterocycles. The quantitative estimate of drug-likeness (QED) is 0.469. The molecule has 0 fully saturated rings. The van der Waals surface area contributed by atoms with E-state index in [1.165, 1.54) is 18.2 Å². The van der Waals surface area contributed by atoms with Crippen molar-refractivity contribution in [2.45, 2.75) is 13.1 Å². The normalized spacial score (nSPS) is 13.4. The first-order valence-corrected chi connectivity index (χ1v) is 4.47. The van der Waals surface area contributed by atoms with Crippen LogP contribution in [0.4, 0.5) is 13.2 Å². The lowest BCUT2D eigenvalue weighted by molar-refractivity contribution is -0.137. The molecular weight excluding hydrogens is 219 g/mol. The first kappa shape index (κ1) is 12.3. The average Bonchev–Trinajstić information content (AvgIpc) is 2.25. The van der Waals surface area contributed by atoms with Crippen molar-refractivity contribution >= 4 is 11.8 Å². The third kappa shape index (κ3) is 3.42. The Balaban J connectivity index is 2.84. The molecule has 1 rings (SSSR count). The largest absolute Gasteiger partial charge is 0.416 e. The molecular formula is C11H10F3NO. The van der Waals surface area contributed by atoms with Gasteiger partial charge >= 0.3 is 6.18 Å². The number of oxime groups is 1. The van der Waals surface area contributed by atoms with Gasteiger partial charge in [-0.3, -0.25) is 0 Å². The summed E-state index contributed by atoms with van der Waals surface area (Å²) in [6.07, 6.45) is -1.25. The highest BCUT2D eigenvalue weighted by Gasteiger charge is 2.29. The first-order valence-electron chi connectivity index (χ1n) is 4.47. The van der Waals surface area contributed by atoms with E-state index in [1.54, 1.807) is 13.0 Å². The molecule has 5 heteroatoms.